The van der Waals surface area contributed by atoms with Crippen LogP contribution < -0.4 is 5.32 Å². The molecule has 2 heterocycles. The Morgan fingerprint density at radius 1 is 1.22 bits per heavy atom. The van der Waals surface area contributed by atoms with E-state index in [1.807, 2.05) is 24.0 Å². The van der Waals surface area contributed by atoms with E-state index in [0.717, 1.165) is 41.9 Å². The summed E-state index contributed by atoms with van der Waals surface area (Å²) in [6.07, 6.45) is 3.57. The highest BCUT2D eigenvalue weighted by Crippen LogP contribution is 2.28. The first-order valence-electron chi connectivity index (χ1n) is 8.39. The van der Waals surface area contributed by atoms with Gasteiger partial charge in [-0.2, -0.15) is 0 Å². The number of hydrogen-bond acceptors (Lipinski definition) is 4. The average Bonchev–Trinajstić information content (AvgIpc) is 3.16. The molecule has 126 valence electrons. The van der Waals surface area contributed by atoms with Gasteiger partial charge in [0, 0.05) is 24.0 Å². The van der Waals surface area contributed by atoms with Crippen LogP contribution in [0, 0.1) is 12.8 Å². The Hall–Kier alpha value is -1.40. The van der Waals surface area contributed by atoms with Crippen molar-refractivity contribution in [1.29, 1.82) is 0 Å². The minimum absolute atomic E-state index is 0.0147. The number of carbonyl (C=O) groups excluding carboxylic acids is 2. The predicted octanol–water partition coefficient (Wildman–Crippen LogP) is 1.94. The molecular weight excluding hydrogens is 312 g/mol. The summed E-state index contributed by atoms with van der Waals surface area (Å²) in [4.78, 5) is 28.4. The van der Waals surface area contributed by atoms with Gasteiger partial charge in [0.1, 0.15) is 0 Å². The molecule has 1 aliphatic heterocycles. The molecule has 2 fully saturated rings. The smallest absolute Gasteiger partial charge is 0.261 e. The summed E-state index contributed by atoms with van der Waals surface area (Å²) in [6.45, 7) is 3.32. The highest BCUT2D eigenvalue weighted by atomic mass is 32.1. The minimum Gasteiger partial charge on any atom is -0.392 e. The Morgan fingerprint density at radius 3 is 2.52 bits per heavy atom. The van der Waals surface area contributed by atoms with Crippen LogP contribution in [-0.2, 0) is 4.79 Å². The predicted molar refractivity (Wildman–Crippen MR) is 89.5 cm³/mol. The lowest BCUT2D eigenvalue weighted by Gasteiger charge is -2.34. The van der Waals surface area contributed by atoms with Crippen LogP contribution in [0.4, 0.5) is 0 Å². The monoisotopic (exact) mass is 336 g/mol. The van der Waals surface area contributed by atoms with Crippen LogP contribution >= 0.6 is 11.3 Å². The van der Waals surface area contributed by atoms with Gasteiger partial charge in [-0.3, -0.25) is 9.59 Å². The number of nitrogens with zero attached hydrogens (tertiary/aromatic N) is 1. The third-order valence-corrected chi connectivity index (χ3v) is 5.90. The molecule has 0 bridgehead atoms. The molecule has 2 N–H and O–H groups in total. The van der Waals surface area contributed by atoms with Crippen molar-refractivity contribution in [2.45, 2.75) is 51.2 Å². The van der Waals surface area contributed by atoms with Gasteiger partial charge in [0.05, 0.1) is 16.9 Å². The van der Waals surface area contributed by atoms with E-state index in [1.54, 1.807) is 0 Å². The molecule has 6 heteroatoms. The standard InChI is InChI=1S/C17H24N2O3S/c1-11-5-6-15(23-11)16(21)18-12-7-9-19(10-8-12)17(22)13-3-2-4-14(13)20/h5-6,12-14,20H,2-4,7-10H2,1H3,(H,18,21). The molecule has 2 aliphatic rings. The number of piperidine rings is 1. The van der Waals surface area contributed by atoms with Gasteiger partial charge >= 0.3 is 0 Å². The zero-order valence-electron chi connectivity index (χ0n) is 13.5. The number of hydrogen-bond donors (Lipinski definition) is 2. The van der Waals surface area contributed by atoms with Crippen molar-refractivity contribution in [2.24, 2.45) is 5.92 Å². The zero-order valence-corrected chi connectivity index (χ0v) is 14.3. The molecule has 0 aromatic carbocycles. The molecule has 3 rings (SSSR count). The van der Waals surface area contributed by atoms with E-state index in [1.165, 1.54) is 11.3 Å². The first-order chi connectivity index (χ1) is 11.0. The summed E-state index contributed by atoms with van der Waals surface area (Å²) in [5.41, 5.74) is 0. The second-order valence-corrected chi connectivity index (χ2v) is 7.88. The lowest BCUT2D eigenvalue weighted by atomic mass is 10.00. The molecule has 2 amide bonds. The fraction of sp³-hybridized carbons (Fsp3) is 0.647. The van der Waals surface area contributed by atoms with Crippen molar-refractivity contribution in [3.8, 4) is 0 Å². The van der Waals surface area contributed by atoms with Gasteiger partial charge in [-0.15, -0.1) is 11.3 Å². The van der Waals surface area contributed by atoms with Gasteiger partial charge in [-0.25, -0.2) is 0 Å². The lowest BCUT2D eigenvalue weighted by molar-refractivity contribution is -0.139. The number of thiophene rings is 1. The van der Waals surface area contributed by atoms with E-state index in [0.29, 0.717) is 13.1 Å². The Kier molecular flexibility index (Phi) is 5.02. The molecule has 0 spiro atoms. The zero-order chi connectivity index (χ0) is 16.4. The Balaban J connectivity index is 1.48. The maximum absolute atomic E-state index is 12.4. The van der Waals surface area contributed by atoms with E-state index in [9.17, 15) is 14.7 Å². The van der Waals surface area contributed by atoms with Crippen LogP contribution in [-0.4, -0.2) is 47.1 Å². The van der Waals surface area contributed by atoms with Crippen molar-refractivity contribution in [2.75, 3.05) is 13.1 Å². The van der Waals surface area contributed by atoms with E-state index in [4.69, 9.17) is 0 Å². The molecule has 2 unspecified atom stereocenters. The summed E-state index contributed by atoms with van der Waals surface area (Å²) in [5, 5.41) is 13.0. The number of nitrogens with one attached hydrogen (secondary N) is 1. The number of aryl methyl sites for hydroxylation is 1. The lowest BCUT2D eigenvalue weighted by Crippen LogP contribution is -2.48. The Morgan fingerprint density at radius 2 is 1.96 bits per heavy atom. The normalized spacial score (nSPS) is 25.6. The molecular formula is C17H24N2O3S. The molecule has 0 radical (unpaired) electrons. The maximum Gasteiger partial charge on any atom is 0.261 e. The minimum atomic E-state index is -0.470. The van der Waals surface area contributed by atoms with Crippen LogP contribution in [0.3, 0.4) is 0 Å². The summed E-state index contributed by atoms with van der Waals surface area (Å²) in [5.74, 6) is -0.136. The molecule has 5 nitrogen and oxygen atoms in total. The van der Waals surface area contributed by atoms with Gasteiger partial charge in [0.2, 0.25) is 5.91 Å². The third-order valence-electron chi connectivity index (χ3n) is 4.90. The molecule has 1 saturated carbocycles. The number of likely N-dealkylation sites (tertiary alicyclic amines) is 1. The molecule has 1 aromatic heterocycles. The fourth-order valence-electron chi connectivity index (χ4n) is 3.52. The van der Waals surface area contributed by atoms with Crippen LogP contribution in [0.2, 0.25) is 0 Å². The number of amides is 2. The average molecular weight is 336 g/mol. The molecule has 1 saturated heterocycles. The van der Waals surface area contributed by atoms with Crippen molar-refractivity contribution in [1.82, 2.24) is 10.2 Å². The molecule has 1 aliphatic carbocycles. The van der Waals surface area contributed by atoms with Crippen LogP contribution in [0.5, 0.6) is 0 Å². The van der Waals surface area contributed by atoms with Crippen molar-refractivity contribution < 1.29 is 14.7 Å². The largest absolute Gasteiger partial charge is 0.392 e. The molecule has 2 atom stereocenters. The number of aliphatic hydroxyl groups excluding tert-OH is 1. The number of rotatable bonds is 3. The van der Waals surface area contributed by atoms with Crippen molar-refractivity contribution in [3.63, 3.8) is 0 Å². The van der Waals surface area contributed by atoms with E-state index in [2.05, 4.69) is 5.32 Å². The summed E-state index contributed by atoms with van der Waals surface area (Å²) in [7, 11) is 0. The highest BCUT2D eigenvalue weighted by molar-refractivity contribution is 7.13. The SMILES string of the molecule is Cc1ccc(C(=O)NC2CCN(C(=O)C3CCCC3O)CC2)s1. The van der Waals surface area contributed by atoms with Gasteiger partial charge in [-0.1, -0.05) is 0 Å². The Bertz CT molecular complexity index is 578. The third kappa shape index (κ3) is 3.75. The molecule has 1 aromatic rings. The summed E-state index contributed by atoms with van der Waals surface area (Å²) in [6, 6.07) is 3.94. The van der Waals surface area contributed by atoms with Crippen LogP contribution in [0.15, 0.2) is 12.1 Å². The van der Waals surface area contributed by atoms with E-state index < -0.39 is 6.10 Å². The summed E-state index contributed by atoms with van der Waals surface area (Å²) >= 11 is 1.50. The van der Waals surface area contributed by atoms with E-state index >= 15 is 0 Å². The van der Waals surface area contributed by atoms with Crippen LogP contribution in [0.1, 0.15) is 46.7 Å². The van der Waals surface area contributed by atoms with Gasteiger partial charge in [-0.05, 0) is 51.2 Å². The maximum atomic E-state index is 12.4. The first kappa shape index (κ1) is 16.5. The second kappa shape index (κ2) is 7.01. The van der Waals surface area contributed by atoms with Crippen LogP contribution in [0.25, 0.3) is 0 Å². The van der Waals surface area contributed by atoms with Crippen molar-refractivity contribution in [3.05, 3.63) is 21.9 Å². The molecule has 23 heavy (non-hydrogen) atoms. The topological polar surface area (TPSA) is 69.6 Å². The number of carbonyl (C=O) groups is 2. The fourth-order valence-corrected chi connectivity index (χ4v) is 4.29. The second-order valence-electron chi connectivity index (χ2n) is 6.59. The van der Waals surface area contributed by atoms with Gasteiger partial charge in [0.25, 0.3) is 5.91 Å². The van der Waals surface area contributed by atoms with Crippen molar-refractivity contribution >= 4 is 23.2 Å². The van der Waals surface area contributed by atoms with Gasteiger partial charge < -0.3 is 15.3 Å². The van der Waals surface area contributed by atoms with Gasteiger partial charge in [0.15, 0.2) is 0 Å². The number of aliphatic hydroxyl groups is 1. The highest BCUT2D eigenvalue weighted by Gasteiger charge is 2.35. The van der Waals surface area contributed by atoms with E-state index in [-0.39, 0.29) is 23.8 Å². The Labute approximate surface area is 140 Å². The quantitative estimate of drug-likeness (QED) is 0.886. The summed E-state index contributed by atoms with van der Waals surface area (Å²) < 4.78 is 0. The first-order valence-corrected chi connectivity index (χ1v) is 9.20.